The van der Waals surface area contributed by atoms with Crippen molar-refractivity contribution in [3.8, 4) is 0 Å². The maximum Gasteiger partial charge on any atom is 0.227 e. The highest BCUT2D eigenvalue weighted by Gasteiger charge is 2.16. The largest absolute Gasteiger partial charge is 0.379 e. The maximum atomic E-state index is 5.49. The number of anilines is 2. The number of aromatic nitrogens is 3. The molecule has 23 heavy (non-hydrogen) atoms. The van der Waals surface area contributed by atoms with Gasteiger partial charge in [-0.1, -0.05) is 5.16 Å². The fraction of sp³-hybridized carbons (Fsp3) is 0.562. The monoisotopic (exact) mass is 317 g/mol. The molecule has 0 saturated carbocycles. The van der Waals surface area contributed by atoms with Gasteiger partial charge in [-0.15, -0.1) is 0 Å². The Bertz CT molecular complexity index is 632. The van der Waals surface area contributed by atoms with Crippen LogP contribution in [0, 0.1) is 13.8 Å². The van der Waals surface area contributed by atoms with E-state index < -0.39 is 0 Å². The van der Waals surface area contributed by atoms with E-state index in [4.69, 9.17) is 9.26 Å². The lowest BCUT2D eigenvalue weighted by Gasteiger charge is -2.24. The number of nitrogens with one attached hydrogen (secondary N) is 1. The zero-order valence-corrected chi connectivity index (χ0v) is 13.9. The molecule has 2 aromatic heterocycles. The second-order valence-corrected chi connectivity index (χ2v) is 5.96. The van der Waals surface area contributed by atoms with Crippen LogP contribution < -0.4 is 10.2 Å². The second-order valence-electron chi connectivity index (χ2n) is 5.96. The van der Waals surface area contributed by atoms with Gasteiger partial charge < -0.3 is 19.5 Å². The number of hydrogen-bond acceptors (Lipinski definition) is 7. The lowest BCUT2D eigenvalue weighted by Crippen LogP contribution is -2.30. The lowest BCUT2D eigenvalue weighted by molar-refractivity contribution is 0.0875. The zero-order chi connectivity index (χ0) is 16.2. The molecule has 0 spiro atoms. The molecule has 0 amide bonds. The van der Waals surface area contributed by atoms with Gasteiger partial charge in [0.25, 0.3) is 0 Å². The minimum atomic E-state index is 0.319. The summed E-state index contributed by atoms with van der Waals surface area (Å²) >= 11 is 0. The summed E-state index contributed by atoms with van der Waals surface area (Å²) in [7, 11) is 1.97. The Morgan fingerprint density at radius 2 is 2.26 bits per heavy atom. The summed E-state index contributed by atoms with van der Waals surface area (Å²) in [6.07, 6.45) is 3.97. The third-order valence-electron chi connectivity index (χ3n) is 4.07. The first kappa shape index (κ1) is 15.7. The van der Waals surface area contributed by atoms with Crippen LogP contribution >= 0.6 is 0 Å². The molecule has 0 aliphatic carbocycles. The molecule has 124 valence electrons. The van der Waals surface area contributed by atoms with Crippen molar-refractivity contribution in [2.24, 2.45) is 0 Å². The highest BCUT2D eigenvalue weighted by atomic mass is 16.5. The Labute approximate surface area is 136 Å². The molecule has 1 fully saturated rings. The molecule has 3 heterocycles. The first-order valence-electron chi connectivity index (χ1n) is 7.93. The average Bonchev–Trinajstić information content (AvgIpc) is 2.88. The van der Waals surface area contributed by atoms with Crippen molar-refractivity contribution in [2.75, 3.05) is 30.5 Å². The highest BCUT2D eigenvalue weighted by molar-refractivity contribution is 5.42. The molecule has 2 aromatic rings. The smallest absolute Gasteiger partial charge is 0.227 e. The van der Waals surface area contributed by atoms with Gasteiger partial charge in [0, 0.05) is 25.4 Å². The number of rotatable bonds is 5. The van der Waals surface area contributed by atoms with Crippen LogP contribution in [-0.2, 0) is 11.3 Å². The summed E-state index contributed by atoms with van der Waals surface area (Å²) in [5.41, 5.74) is 1.98. The van der Waals surface area contributed by atoms with Crippen molar-refractivity contribution in [1.29, 1.82) is 0 Å². The van der Waals surface area contributed by atoms with Gasteiger partial charge in [0.2, 0.25) is 5.95 Å². The highest BCUT2D eigenvalue weighted by Crippen LogP contribution is 2.19. The first-order chi connectivity index (χ1) is 11.1. The normalized spacial score (nSPS) is 18.0. The van der Waals surface area contributed by atoms with Gasteiger partial charge in [-0.05, 0) is 32.8 Å². The maximum absolute atomic E-state index is 5.49. The Hall–Kier alpha value is -2.15. The molecule has 0 unspecified atom stereocenters. The predicted molar refractivity (Wildman–Crippen MR) is 87.6 cm³/mol. The molecular weight excluding hydrogens is 294 g/mol. The Balaban J connectivity index is 1.68. The summed E-state index contributed by atoms with van der Waals surface area (Å²) in [5, 5.41) is 7.41. The Morgan fingerprint density at radius 3 is 2.96 bits per heavy atom. The molecular formula is C16H23N5O2. The Morgan fingerprint density at radius 1 is 1.39 bits per heavy atom. The predicted octanol–water partition coefficient (Wildman–Crippen LogP) is 2.31. The fourth-order valence-electron chi connectivity index (χ4n) is 2.71. The molecule has 1 aliphatic rings. The van der Waals surface area contributed by atoms with Gasteiger partial charge in [0.15, 0.2) is 0 Å². The van der Waals surface area contributed by atoms with Crippen LogP contribution in [0.1, 0.15) is 29.9 Å². The molecule has 1 aliphatic heterocycles. The van der Waals surface area contributed by atoms with Gasteiger partial charge in [0.1, 0.15) is 11.6 Å². The SMILES string of the molecule is Cc1noc(C)c1CN(C)c1nccc(N[C@@H]2CCCOC2)n1. The third kappa shape index (κ3) is 3.79. The minimum absolute atomic E-state index is 0.319. The van der Waals surface area contributed by atoms with Crippen molar-refractivity contribution in [2.45, 2.75) is 39.3 Å². The van der Waals surface area contributed by atoms with Crippen molar-refractivity contribution in [3.05, 3.63) is 29.3 Å². The number of hydrogen-bond donors (Lipinski definition) is 1. The fourth-order valence-corrected chi connectivity index (χ4v) is 2.71. The summed E-state index contributed by atoms with van der Waals surface area (Å²) < 4.78 is 10.7. The number of ether oxygens (including phenoxy) is 1. The van der Waals surface area contributed by atoms with Crippen LogP contribution in [0.4, 0.5) is 11.8 Å². The minimum Gasteiger partial charge on any atom is -0.379 e. The van der Waals surface area contributed by atoms with Gasteiger partial charge in [0.05, 0.1) is 24.9 Å². The van der Waals surface area contributed by atoms with Crippen LogP contribution in [0.2, 0.25) is 0 Å². The number of aryl methyl sites for hydroxylation is 2. The van der Waals surface area contributed by atoms with Crippen LogP contribution in [0.3, 0.4) is 0 Å². The summed E-state index contributed by atoms with van der Waals surface area (Å²) in [4.78, 5) is 11.0. The van der Waals surface area contributed by atoms with Crippen LogP contribution in [0.5, 0.6) is 0 Å². The molecule has 7 heteroatoms. The molecule has 7 nitrogen and oxygen atoms in total. The van der Waals surface area contributed by atoms with Crippen molar-refractivity contribution >= 4 is 11.8 Å². The molecule has 1 saturated heterocycles. The number of nitrogens with zero attached hydrogens (tertiary/aromatic N) is 4. The van der Waals surface area contributed by atoms with E-state index in [-0.39, 0.29) is 0 Å². The summed E-state index contributed by atoms with van der Waals surface area (Å²) in [6.45, 7) is 6.12. The van der Waals surface area contributed by atoms with Crippen molar-refractivity contribution in [1.82, 2.24) is 15.1 Å². The topological polar surface area (TPSA) is 76.3 Å². The van der Waals surface area contributed by atoms with Crippen LogP contribution in [-0.4, -0.2) is 41.4 Å². The standard InChI is InChI=1S/C16H23N5O2/c1-11-14(12(2)23-20-11)9-21(3)16-17-7-6-15(19-16)18-13-5-4-8-22-10-13/h6-7,13H,4-5,8-10H2,1-3H3,(H,17,18,19)/t13-/m1/s1. The molecule has 3 rings (SSSR count). The quantitative estimate of drug-likeness (QED) is 0.906. The lowest BCUT2D eigenvalue weighted by atomic mass is 10.1. The van der Waals surface area contributed by atoms with Crippen LogP contribution in [0.15, 0.2) is 16.8 Å². The van der Waals surface area contributed by atoms with Crippen molar-refractivity contribution in [3.63, 3.8) is 0 Å². The van der Waals surface area contributed by atoms with E-state index in [1.807, 2.05) is 31.9 Å². The van der Waals surface area contributed by atoms with Crippen LogP contribution in [0.25, 0.3) is 0 Å². The van der Waals surface area contributed by atoms with Gasteiger partial charge in [-0.3, -0.25) is 0 Å². The van der Waals surface area contributed by atoms with E-state index >= 15 is 0 Å². The van der Waals surface area contributed by atoms with E-state index in [1.165, 1.54) is 0 Å². The summed E-state index contributed by atoms with van der Waals surface area (Å²) in [6, 6.07) is 2.21. The Kier molecular flexibility index (Phi) is 4.76. The van der Waals surface area contributed by atoms with E-state index in [2.05, 4.69) is 20.4 Å². The molecule has 0 bridgehead atoms. The van der Waals surface area contributed by atoms with E-state index in [0.29, 0.717) is 18.5 Å². The third-order valence-corrected chi connectivity index (χ3v) is 4.07. The molecule has 0 radical (unpaired) electrons. The first-order valence-corrected chi connectivity index (χ1v) is 7.93. The zero-order valence-electron chi connectivity index (χ0n) is 13.9. The average molecular weight is 317 g/mol. The van der Waals surface area contributed by atoms with Gasteiger partial charge in [-0.2, -0.15) is 4.98 Å². The second kappa shape index (κ2) is 6.95. The van der Waals surface area contributed by atoms with Gasteiger partial charge >= 0.3 is 0 Å². The van der Waals surface area contributed by atoms with E-state index in [1.54, 1.807) is 6.20 Å². The molecule has 0 aromatic carbocycles. The van der Waals surface area contributed by atoms with E-state index in [9.17, 15) is 0 Å². The van der Waals surface area contributed by atoms with Crippen molar-refractivity contribution < 1.29 is 9.26 Å². The molecule has 1 N–H and O–H groups in total. The molecule has 1 atom stereocenters. The van der Waals surface area contributed by atoms with Gasteiger partial charge in [-0.25, -0.2) is 4.98 Å². The van der Waals surface area contributed by atoms with E-state index in [0.717, 1.165) is 48.9 Å². The summed E-state index contributed by atoms with van der Waals surface area (Å²) in [5.74, 6) is 2.34.